The van der Waals surface area contributed by atoms with Gasteiger partial charge < -0.3 is 5.32 Å². The Labute approximate surface area is 142 Å². The summed E-state index contributed by atoms with van der Waals surface area (Å²) in [6.45, 7) is 0. The quantitative estimate of drug-likeness (QED) is 0.715. The van der Waals surface area contributed by atoms with Crippen molar-refractivity contribution in [3.05, 3.63) is 31.4 Å². The first-order valence-electron chi connectivity index (χ1n) is 6.16. The smallest absolute Gasteiger partial charge is 0.181 e. The molecule has 1 aliphatic carbocycles. The molecule has 2 aromatic rings. The predicted octanol–water partition coefficient (Wildman–Crippen LogP) is 4.75. The zero-order valence-electron chi connectivity index (χ0n) is 10.6. The van der Waals surface area contributed by atoms with E-state index in [1.165, 1.54) is 12.8 Å². The second-order valence-corrected chi connectivity index (χ2v) is 7.17. The van der Waals surface area contributed by atoms with E-state index in [1.54, 1.807) is 6.20 Å². The molecule has 0 amide bonds. The van der Waals surface area contributed by atoms with E-state index in [-0.39, 0.29) is 0 Å². The normalized spacial score (nSPS) is 14.4. The molecule has 0 radical (unpaired) electrons. The van der Waals surface area contributed by atoms with E-state index >= 15 is 0 Å². The Morgan fingerprint density at radius 2 is 1.95 bits per heavy atom. The molecule has 1 fully saturated rings. The summed E-state index contributed by atoms with van der Waals surface area (Å²) < 4.78 is 2.75. The standard InChI is InChI=1S/C13H11Br3N4/c1-17-12-9(16)10(6-2-3-6)19-13(20-12)11-8(15)4-7(14)5-18-11/h4-6H,2-3H2,1H3,(H,17,19,20). The summed E-state index contributed by atoms with van der Waals surface area (Å²) in [5.74, 6) is 1.97. The van der Waals surface area contributed by atoms with Gasteiger partial charge in [-0.1, -0.05) is 0 Å². The highest BCUT2D eigenvalue weighted by Gasteiger charge is 2.29. The summed E-state index contributed by atoms with van der Waals surface area (Å²) in [6, 6.07) is 1.95. The molecule has 0 spiro atoms. The summed E-state index contributed by atoms with van der Waals surface area (Å²) in [6.07, 6.45) is 4.13. The van der Waals surface area contributed by atoms with Crippen molar-refractivity contribution in [3.8, 4) is 11.5 Å². The zero-order chi connectivity index (χ0) is 14.3. The van der Waals surface area contributed by atoms with E-state index in [1.807, 2.05) is 13.1 Å². The van der Waals surface area contributed by atoms with Gasteiger partial charge in [0.05, 0.1) is 10.2 Å². The van der Waals surface area contributed by atoms with Crippen LogP contribution < -0.4 is 5.32 Å². The molecule has 7 heteroatoms. The molecule has 0 aliphatic heterocycles. The maximum absolute atomic E-state index is 4.70. The lowest BCUT2D eigenvalue weighted by molar-refractivity contribution is 0.973. The Balaban J connectivity index is 2.15. The van der Waals surface area contributed by atoms with Crippen molar-refractivity contribution >= 4 is 53.6 Å². The van der Waals surface area contributed by atoms with Crippen LogP contribution in [0.3, 0.4) is 0 Å². The van der Waals surface area contributed by atoms with Gasteiger partial charge >= 0.3 is 0 Å². The zero-order valence-corrected chi connectivity index (χ0v) is 15.4. The Hall–Kier alpha value is -0.530. The lowest BCUT2D eigenvalue weighted by Gasteiger charge is -2.11. The molecule has 2 aromatic heterocycles. The van der Waals surface area contributed by atoms with Gasteiger partial charge in [0.15, 0.2) is 5.82 Å². The Morgan fingerprint density at radius 3 is 2.55 bits per heavy atom. The lowest BCUT2D eigenvalue weighted by Crippen LogP contribution is -2.03. The third-order valence-electron chi connectivity index (χ3n) is 3.10. The molecule has 3 rings (SSSR count). The van der Waals surface area contributed by atoms with Crippen LogP contribution in [0.15, 0.2) is 25.7 Å². The van der Waals surface area contributed by atoms with Crippen LogP contribution in [0.1, 0.15) is 24.5 Å². The van der Waals surface area contributed by atoms with Gasteiger partial charge in [-0.2, -0.15) is 0 Å². The molecule has 0 bridgehead atoms. The Morgan fingerprint density at radius 1 is 1.20 bits per heavy atom. The van der Waals surface area contributed by atoms with Crippen molar-refractivity contribution in [1.82, 2.24) is 15.0 Å². The number of nitrogens with zero attached hydrogens (tertiary/aromatic N) is 3. The fourth-order valence-corrected chi connectivity index (χ4v) is 3.81. The fraction of sp³-hybridized carbons (Fsp3) is 0.308. The van der Waals surface area contributed by atoms with E-state index in [0.29, 0.717) is 11.7 Å². The summed E-state index contributed by atoms with van der Waals surface area (Å²) in [4.78, 5) is 13.7. The van der Waals surface area contributed by atoms with Crippen LogP contribution in [0.25, 0.3) is 11.5 Å². The minimum atomic E-state index is 0.535. The van der Waals surface area contributed by atoms with E-state index in [9.17, 15) is 0 Å². The van der Waals surface area contributed by atoms with Crippen LogP contribution in [-0.2, 0) is 0 Å². The first kappa shape index (κ1) is 14.4. The minimum Gasteiger partial charge on any atom is -0.372 e. The van der Waals surface area contributed by atoms with Crippen molar-refractivity contribution in [2.24, 2.45) is 0 Å². The van der Waals surface area contributed by atoms with Gasteiger partial charge in [-0.15, -0.1) is 0 Å². The van der Waals surface area contributed by atoms with E-state index in [4.69, 9.17) is 4.98 Å². The SMILES string of the molecule is CNc1nc(-c2ncc(Br)cc2Br)nc(C2CC2)c1Br. The third-order valence-corrected chi connectivity index (χ3v) is 4.92. The number of pyridine rings is 1. The number of anilines is 1. The maximum atomic E-state index is 4.70. The van der Waals surface area contributed by atoms with Crippen LogP contribution in [0.2, 0.25) is 0 Å². The molecular weight excluding hydrogens is 452 g/mol. The Kier molecular flexibility index (Phi) is 4.10. The van der Waals surface area contributed by atoms with Crippen molar-refractivity contribution in [2.75, 3.05) is 12.4 Å². The molecule has 1 saturated carbocycles. The average Bonchev–Trinajstić information content (AvgIpc) is 3.24. The van der Waals surface area contributed by atoms with Gasteiger partial charge in [0, 0.05) is 28.1 Å². The van der Waals surface area contributed by atoms with Crippen LogP contribution in [0, 0.1) is 0 Å². The number of hydrogen-bond acceptors (Lipinski definition) is 4. The largest absolute Gasteiger partial charge is 0.372 e. The van der Waals surface area contributed by atoms with Gasteiger partial charge in [0.2, 0.25) is 0 Å². The molecule has 0 unspecified atom stereocenters. The Bertz CT molecular complexity index is 671. The second kappa shape index (κ2) is 5.69. The first-order chi connectivity index (χ1) is 9.60. The summed E-state index contributed by atoms with van der Waals surface area (Å²) in [7, 11) is 1.86. The molecule has 104 valence electrons. The number of halogens is 3. The van der Waals surface area contributed by atoms with Gasteiger partial charge in [-0.05, 0) is 66.7 Å². The number of nitrogens with one attached hydrogen (secondary N) is 1. The number of rotatable bonds is 3. The number of hydrogen-bond donors (Lipinski definition) is 1. The van der Waals surface area contributed by atoms with Gasteiger partial charge in [0.1, 0.15) is 11.5 Å². The molecular formula is C13H11Br3N4. The first-order valence-corrected chi connectivity index (χ1v) is 8.54. The van der Waals surface area contributed by atoms with Gasteiger partial charge in [-0.3, -0.25) is 4.98 Å². The highest BCUT2D eigenvalue weighted by atomic mass is 79.9. The van der Waals surface area contributed by atoms with Crippen molar-refractivity contribution in [2.45, 2.75) is 18.8 Å². The minimum absolute atomic E-state index is 0.535. The van der Waals surface area contributed by atoms with Gasteiger partial charge in [0.25, 0.3) is 0 Å². The second-order valence-electron chi connectivity index (χ2n) is 4.60. The van der Waals surface area contributed by atoms with Gasteiger partial charge in [-0.25, -0.2) is 9.97 Å². The highest BCUT2D eigenvalue weighted by molar-refractivity contribution is 9.11. The predicted molar refractivity (Wildman–Crippen MR) is 89.9 cm³/mol. The summed E-state index contributed by atoms with van der Waals surface area (Å²) in [5.41, 5.74) is 1.81. The molecule has 0 saturated heterocycles. The average molecular weight is 463 g/mol. The molecule has 1 N–H and O–H groups in total. The molecule has 4 nitrogen and oxygen atoms in total. The van der Waals surface area contributed by atoms with Crippen LogP contribution in [0.5, 0.6) is 0 Å². The molecule has 0 aromatic carbocycles. The third kappa shape index (κ3) is 2.76. The van der Waals surface area contributed by atoms with E-state index in [2.05, 4.69) is 63.1 Å². The summed E-state index contributed by atoms with van der Waals surface area (Å²) in [5, 5.41) is 3.11. The molecule has 0 atom stereocenters. The molecule has 20 heavy (non-hydrogen) atoms. The lowest BCUT2D eigenvalue weighted by atomic mass is 10.2. The van der Waals surface area contributed by atoms with Crippen LogP contribution in [0.4, 0.5) is 5.82 Å². The topological polar surface area (TPSA) is 50.7 Å². The van der Waals surface area contributed by atoms with Crippen molar-refractivity contribution < 1.29 is 0 Å². The van der Waals surface area contributed by atoms with Crippen molar-refractivity contribution in [1.29, 1.82) is 0 Å². The van der Waals surface area contributed by atoms with Crippen LogP contribution in [-0.4, -0.2) is 22.0 Å². The maximum Gasteiger partial charge on any atom is 0.181 e. The molecule has 1 aliphatic rings. The number of aromatic nitrogens is 3. The van der Waals surface area contributed by atoms with E-state index < -0.39 is 0 Å². The van der Waals surface area contributed by atoms with E-state index in [0.717, 1.165) is 30.6 Å². The highest BCUT2D eigenvalue weighted by Crippen LogP contribution is 2.44. The fourth-order valence-electron chi connectivity index (χ4n) is 1.94. The summed E-state index contributed by atoms with van der Waals surface area (Å²) >= 11 is 10.5. The monoisotopic (exact) mass is 460 g/mol. The molecule has 2 heterocycles. The van der Waals surface area contributed by atoms with Crippen LogP contribution >= 0.6 is 47.8 Å². The van der Waals surface area contributed by atoms with Crippen molar-refractivity contribution in [3.63, 3.8) is 0 Å².